The molecule has 0 saturated carbocycles. The van der Waals surface area contributed by atoms with Crippen molar-refractivity contribution in [3.8, 4) is 0 Å². The molecule has 0 radical (unpaired) electrons. The number of pyridine rings is 2. The van der Waals surface area contributed by atoms with Crippen molar-refractivity contribution in [1.29, 1.82) is 0 Å². The Labute approximate surface area is 137 Å². The molecule has 4 heteroatoms. The van der Waals surface area contributed by atoms with E-state index < -0.39 is 0 Å². The summed E-state index contributed by atoms with van der Waals surface area (Å²) in [7, 11) is 0. The third-order valence-electron chi connectivity index (χ3n) is 4.49. The lowest BCUT2D eigenvalue weighted by Gasteiger charge is -2.32. The van der Waals surface area contributed by atoms with Gasteiger partial charge in [0.15, 0.2) is 0 Å². The maximum atomic E-state index is 12.5. The predicted octanol–water partition coefficient (Wildman–Crippen LogP) is 3.19. The van der Waals surface area contributed by atoms with E-state index in [-0.39, 0.29) is 5.91 Å². The highest BCUT2D eigenvalue weighted by Crippen LogP contribution is 2.22. The second-order valence-electron chi connectivity index (χ2n) is 6.41. The fourth-order valence-corrected chi connectivity index (χ4v) is 3.23. The molecule has 0 bridgehead atoms. The van der Waals surface area contributed by atoms with Gasteiger partial charge in [-0.15, -0.1) is 0 Å². The van der Waals surface area contributed by atoms with E-state index in [1.807, 2.05) is 37.1 Å². The Kier molecular flexibility index (Phi) is 4.70. The number of carbonyl (C=O) groups is 1. The van der Waals surface area contributed by atoms with E-state index in [1.54, 1.807) is 6.07 Å². The molecule has 1 aliphatic heterocycles. The van der Waals surface area contributed by atoms with E-state index >= 15 is 0 Å². The van der Waals surface area contributed by atoms with Crippen molar-refractivity contribution in [2.45, 2.75) is 33.1 Å². The van der Waals surface area contributed by atoms with Crippen LogP contribution in [0.25, 0.3) is 0 Å². The van der Waals surface area contributed by atoms with Gasteiger partial charge in [0.2, 0.25) is 0 Å². The molecule has 1 saturated heterocycles. The average molecular weight is 309 g/mol. The van der Waals surface area contributed by atoms with Gasteiger partial charge in [0.05, 0.1) is 0 Å². The SMILES string of the molecule is Cc1cc(CC2CCN(C(=O)c3cccc(C)n3)CC2)ccn1. The molecule has 1 amide bonds. The molecule has 2 aromatic rings. The molecular formula is C19H23N3O. The van der Waals surface area contributed by atoms with Crippen LogP contribution in [0.4, 0.5) is 0 Å². The van der Waals surface area contributed by atoms with Crippen molar-refractivity contribution >= 4 is 5.91 Å². The van der Waals surface area contributed by atoms with Gasteiger partial charge in [0.1, 0.15) is 5.69 Å². The normalized spacial score (nSPS) is 15.7. The van der Waals surface area contributed by atoms with Gasteiger partial charge in [0, 0.05) is 30.7 Å². The first-order valence-electron chi connectivity index (χ1n) is 8.26. The molecule has 0 unspecified atom stereocenters. The molecule has 1 fully saturated rings. The lowest BCUT2D eigenvalue weighted by Crippen LogP contribution is -2.39. The Hall–Kier alpha value is -2.23. The molecule has 120 valence electrons. The molecule has 0 aliphatic carbocycles. The maximum absolute atomic E-state index is 12.5. The number of piperidine rings is 1. The van der Waals surface area contributed by atoms with E-state index in [0.29, 0.717) is 11.6 Å². The standard InChI is InChI=1S/C19H23N3O/c1-14-4-3-5-18(21-14)19(23)22-10-7-16(8-11-22)13-17-6-9-20-15(2)12-17/h3-6,9,12,16H,7-8,10-11,13H2,1-2H3. The Bertz CT molecular complexity index is 691. The molecule has 3 rings (SSSR count). The van der Waals surface area contributed by atoms with Crippen LogP contribution in [0.3, 0.4) is 0 Å². The van der Waals surface area contributed by atoms with Crippen LogP contribution < -0.4 is 0 Å². The third-order valence-corrected chi connectivity index (χ3v) is 4.49. The van der Waals surface area contributed by atoms with Crippen molar-refractivity contribution in [3.05, 3.63) is 59.2 Å². The van der Waals surface area contributed by atoms with Crippen LogP contribution in [-0.4, -0.2) is 33.9 Å². The number of aryl methyl sites for hydroxylation is 2. The van der Waals surface area contributed by atoms with Crippen LogP contribution in [-0.2, 0) is 6.42 Å². The first-order valence-corrected chi connectivity index (χ1v) is 8.26. The van der Waals surface area contributed by atoms with Gasteiger partial charge in [0.25, 0.3) is 5.91 Å². The average Bonchev–Trinajstić information content (AvgIpc) is 2.55. The molecule has 0 spiro atoms. The smallest absolute Gasteiger partial charge is 0.272 e. The number of carbonyl (C=O) groups excluding carboxylic acids is 1. The summed E-state index contributed by atoms with van der Waals surface area (Å²) in [5.74, 6) is 0.707. The molecule has 0 aromatic carbocycles. The summed E-state index contributed by atoms with van der Waals surface area (Å²) in [5, 5.41) is 0. The van der Waals surface area contributed by atoms with Gasteiger partial charge < -0.3 is 4.90 Å². The molecule has 4 nitrogen and oxygen atoms in total. The monoisotopic (exact) mass is 309 g/mol. The minimum atomic E-state index is 0.0619. The van der Waals surface area contributed by atoms with Crippen molar-refractivity contribution < 1.29 is 4.79 Å². The van der Waals surface area contributed by atoms with E-state index in [4.69, 9.17) is 0 Å². The van der Waals surface area contributed by atoms with Crippen LogP contribution in [0, 0.1) is 19.8 Å². The Morgan fingerprint density at radius 3 is 2.65 bits per heavy atom. The number of likely N-dealkylation sites (tertiary alicyclic amines) is 1. The Morgan fingerprint density at radius 1 is 1.17 bits per heavy atom. The predicted molar refractivity (Wildman–Crippen MR) is 90.3 cm³/mol. The summed E-state index contributed by atoms with van der Waals surface area (Å²) in [6, 6.07) is 9.88. The highest BCUT2D eigenvalue weighted by atomic mass is 16.2. The van der Waals surface area contributed by atoms with E-state index in [0.717, 1.165) is 43.7 Å². The number of hydrogen-bond acceptors (Lipinski definition) is 3. The number of hydrogen-bond donors (Lipinski definition) is 0. The molecule has 2 aromatic heterocycles. The zero-order valence-electron chi connectivity index (χ0n) is 13.8. The highest BCUT2D eigenvalue weighted by molar-refractivity contribution is 5.92. The maximum Gasteiger partial charge on any atom is 0.272 e. The summed E-state index contributed by atoms with van der Waals surface area (Å²) < 4.78 is 0. The van der Waals surface area contributed by atoms with E-state index in [9.17, 15) is 4.79 Å². The number of amides is 1. The van der Waals surface area contributed by atoms with Gasteiger partial charge in [-0.3, -0.25) is 9.78 Å². The second kappa shape index (κ2) is 6.90. The van der Waals surface area contributed by atoms with Crippen LogP contribution >= 0.6 is 0 Å². The molecule has 23 heavy (non-hydrogen) atoms. The molecule has 3 heterocycles. The zero-order valence-corrected chi connectivity index (χ0v) is 13.8. The second-order valence-corrected chi connectivity index (χ2v) is 6.41. The van der Waals surface area contributed by atoms with Gasteiger partial charge in [-0.1, -0.05) is 6.07 Å². The Morgan fingerprint density at radius 2 is 1.96 bits per heavy atom. The van der Waals surface area contributed by atoms with Gasteiger partial charge in [-0.25, -0.2) is 4.98 Å². The van der Waals surface area contributed by atoms with Crippen molar-refractivity contribution in [1.82, 2.24) is 14.9 Å². The van der Waals surface area contributed by atoms with E-state index in [1.165, 1.54) is 5.56 Å². The summed E-state index contributed by atoms with van der Waals surface area (Å²) in [5.41, 5.74) is 3.87. The zero-order chi connectivity index (χ0) is 16.2. The van der Waals surface area contributed by atoms with Crippen molar-refractivity contribution in [2.75, 3.05) is 13.1 Å². The first-order chi connectivity index (χ1) is 11.1. The highest BCUT2D eigenvalue weighted by Gasteiger charge is 2.24. The molecule has 0 atom stereocenters. The van der Waals surface area contributed by atoms with E-state index in [2.05, 4.69) is 22.1 Å². The lowest BCUT2D eigenvalue weighted by atomic mass is 9.90. The van der Waals surface area contributed by atoms with Crippen LogP contribution in [0.2, 0.25) is 0 Å². The van der Waals surface area contributed by atoms with Crippen molar-refractivity contribution in [2.24, 2.45) is 5.92 Å². The van der Waals surface area contributed by atoms with Crippen LogP contribution in [0.15, 0.2) is 36.5 Å². The number of aromatic nitrogens is 2. The summed E-state index contributed by atoms with van der Waals surface area (Å²) >= 11 is 0. The minimum absolute atomic E-state index is 0.0619. The number of rotatable bonds is 3. The topological polar surface area (TPSA) is 46.1 Å². The van der Waals surface area contributed by atoms with Crippen LogP contribution in [0.5, 0.6) is 0 Å². The molecule has 0 N–H and O–H groups in total. The lowest BCUT2D eigenvalue weighted by molar-refractivity contribution is 0.0684. The summed E-state index contributed by atoms with van der Waals surface area (Å²) in [6.45, 7) is 5.59. The first kappa shape index (κ1) is 15.7. The molecule has 1 aliphatic rings. The quantitative estimate of drug-likeness (QED) is 0.875. The van der Waals surface area contributed by atoms with Gasteiger partial charge >= 0.3 is 0 Å². The summed E-state index contributed by atoms with van der Waals surface area (Å²) in [6.07, 6.45) is 5.07. The van der Waals surface area contributed by atoms with Crippen molar-refractivity contribution in [3.63, 3.8) is 0 Å². The Balaban J connectivity index is 1.57. The molecular weight excluding hydrogens is 286 g/mol. The third kappa shape index (κ3) is 3.95. The van der Waals surface area contributed by atoms with Gasteiger partial charge in [-0.05, 0) is 68.9 Å². The fourth-order valence-electron chi connectivity index (χ4n) is 3.23. The minimum Gasteiger partial charge on any atom is -0.337 e. The van der Waals surface area contributed by atoms with Crippen LogP contribution in [0.1, 0.15) is 40.3 Å². The number of nitrogens with zero attached hydrogens (tertiary/aromatic N) is 3. The fraction of sp³-hybridized carbons (Fsp3) is 0.421. The largest absolute Gasteiger partial charge is 0.337 e. The van der Waals surface area contributed by atoms with Gasteiger partial charge in [-0.2, -0.15) is 0 Å². The summed E-state index contributed by atoms with van der Waals surface area (Å²) in [4.78, 5) is 23.1.